The van der Waals surface area contributed by atoms with E-state index >= 15 is 0 Å². The van der Waals surface area contributed by atoms with Crippen molar-refractivity contribution < 1.29 is 19.1 Å². The van der Waals surface area contributed by atoms with Crippen LogP contribution in [0.4, 0.5) is 0 Å². The molecule has 2 aromatic carbocycles. The van der Waals surface area contributed by atoms with E-state index in [1.807, 2.05) is 0 Å². The van der Waals surface area contributed by atoms with Crippen LogP contribution in [0, 0.1) is 0 Å². The lowest BCUT2D eigenvalue weighted by Gasteiger charge is -2.08. The van der Waals surface area contributed by atoms with E-state index < -0.39 is 0 Å². The van der Waals surface area contributed by atoms with Gasteiger partial charge in [-0.3, -0.25) is 9.59 Å². The summed E-state index contributed by atoms with van der Waals surface area (Å²) in [5.74, 6) is 0.905. The molecule has 0 spiro atoms. The zero-order valence-electron chi connectivity index (χ0n) is 12.0. The third-order valence-corrected chi connectivity index (χ3v) is 3.98. The molecule has 0 unspecified atom stereocenters. The predicted octanol–water partition coefficient (Wildman–Crippen LogP) is 3.75. The number of fused-ring (bicyclic) bond motifs is 1. The van der Waals surface area contributed by atoms with E-state index in [9.17, 15) is 14.7 Å². The molecule has 1 aromatic heterocycles. The predicted molar refractivity (Wildman–Crippen MR) is 94.5 cm³/mol. The monoisotopic (exact) mass is 422 g/mol. The van der Waals surface area contributed by atoms with Crippen LogP contribution in [0.1, 0.15) is 10.4 Å². The van der Waals surface area contributed by atoms with Gasteiger partial charge in [0.05, 0.1) is 12.5 Å². The second-order valence-electron chi connectivity index (χ2n) is 4.84. The number of rotatable bonds is 3. The lowest BCUT2D eigenvalue weighted by Crippen LogP contribution is -2.06. The molecule has 0 saturated carbocycles. The van der Waals surface area contributed by atoms with Crippen LogP contribution in [0.25, 0.3) is 22.3 Å². The zero-order valence-corrected chi connectivity index (χ0v) is 14.2. The van der Waals surface area contributed by atoms with Crippen LogP contribution in [-0.4, -0.2) is 16.0 Å². The van der Waals surface area contributed by atoms with Crippen molar-refractivity contribution in [2.45, 2.75) is 0 Å². The highest BCUT2D eigenvalue weighted by atomic mass is 127. The smallest absolute Gasteiger partial charge is 0.223 e. The van der Waals surface area contributed by atoms with Crippen LogP contribution in [-0.2, 0) is 0 Å². The molecule has 3 rings (SSSR count). The molecule has 0 aliphatic rings. The number of benzene rings is 2. The molecule has 0 aliphatic heterocycles. The third kappa shape index (κ3) is 2.94. The SMILES string of the molecule is COc1cc(C(=O)I)c2c(=O)cc(-c3ccc(O)cc3)oc2c1. The first-order chi connectivity index (χ1) is 11.0. The van der Waals surface area contributed by atoms with Crippen LogP contribution in [0.3, 0.4) is 0 Å². The Hall–Kier alpha value is -2.35. The molecule has 1 N–H and O–H groups in total. The first-order valence-electron chi connectivity index (χ1n) is 6.64. The summed E-state index contributed by atoms with van der Waals surface area (Å²) in [4.78, 5) is 24.3. The number of phenols is 1. The van der Waals surface area contributed by atoms with Gasteiger partial charge >= 0.3 is 0 Å². The van der Waals surface area contributed by atoms with E-state index in [1.165, 1.54) is 31.4 Å². The van der Waals surface area contributed by atoms with Gasteiger partial charge in [0.25, 0.3) is 0 Å². The van der Waals surface area contributed by atoms with Crippen molar-refractivity contribution in [3.63, 3.8) is 0 Å². The largest absolute Gasteiger partial charge is 0.508 e. The van der Waals surface area contributed by atoms with Gasteiger partial charge in [-0.1, -0.05) is 0 Å². The Morgan fingerprint density at radius 3 is 2.48 bits per heavy atom. The number of ether oxygens (including phenoxy) is 1. The van der Waals surface area contributed by atoms with Gasteiger partial charge in [0.15, 0.2) is 5.43 Å². The van der Waals surface area contributed by atoms with E-state index in [1.54, 1.807) is 40.8 Å². The average molecular weight is 422 g/mol. The van der Waals surface area contributed by atoms with Crippen molar-refractivity contribution in [1.82, 2.24) is 0 Å². The molecule has 6 heteroatoms. The minimum absolute atomic E-state index is 0.122. The van der Waals surface area contributed by atoms with Gasteiger partial charge in [0.2, 0.25) is 3.79 Å². The quantitative estimate of drug-likeness (QED) is 0.514. The van der Waals surface area contributed by atoms with E-state index in [0.29, 0.717) is 17.1 Å². The number of phenolic OH excluding ortho intramolecular Hbond substituents is 1. The average Bonchev–Trinajstić information content (AvgIpc) is 2.54. The van der Waals surface area contributed by atoms with Gasteiger partial charge in [-0.15, -0.1) is 0 Å². The Kier molecular flexibility index (Phi) is 4.08. The Labute approximate surface area is 144 Å². The lowest BCUT2D eigenvalue weighted by molar-refractivity contribution is 0.110. The van der Waals surface area contributed by atoms with E-state index in [0.717, 1.165) is 0 Å². The van der Waals surface area contributed by atoms with Crippen molar-refractivity contribution in [2.75, 3.05) is 7.11 Å². The van der Waals surface area contributed by atoms with Gasteiger partial charge in [-0.2, -0.15) is 0 Å². The first-order valence-corrected chi connectivity index (χ1v) is 7.72. The van der Waals surface area contributed by atoms with Crippen molar-refractivity contribution in [3.05, 3.63) is 58.3 Å². The third-order valence-electron chi connectivity index (χ3n) is 3.40. The van der Waals surface area contributed by atoms with E-state index in [4.69, 9.17) is 9.15 Å². The molecule has 0 saturated heterocycles. The van der Waals surface area contributed by atoms with Crippen molar-refractivity contribution in [1.29, 1.82) is 0 Å². The Bertz CT molecular complexity index is 957. The number of carbonyl (C=O) groups is 1. The Balaban J connectivity index is 2.31. The number of hydrogen-bond donors (Lipinski definition) is 1. The summed E-state index contributed by atoms with van der Waals surface area (Å²) in [7, 11) is 1.48. The number of methoxy groups -OCH3 is 1. The highest BCUT2D eigenvalue weighted by Crippen LogP contribution is 2.29. The highest BCUT2D eigenvalue weighted by Gasteiger charge is 2.16. The topological polar surface area (TPSA) is 76.7 Å². The molecular weight excluding hydrogens is 411 g/mol. The molecule has 5 nitrogen and oxygen atoms in total. The highest BCUT2D eigenvalue weighted by molar-refractivity contribution is 14.1. The summed E-state index contributed by atoms with van der Waals surface area (Å²) in [6.07, 6.45) is 0. The van der Waals surface area contributed by atoms with Gasteiger partial charge < -0.3 is 14.3 Å². The summed E-state index contributed by atoms with van der Waals surface area (Å²) >= 11 is 1.63. The maximum Gasteiger partial charge on any atom is 0.223 e. The second-order valence-corrected chi connectivity index (χ2v) is 5.82. The van der Waals surface area contributed by atoms with Crippen LogP contribution in [0.15, 0.2) is 51.7 Å². The zero-order chi connectivity index (χ0) is 16.6. The molecule has 0 fully saturated rings. The molecule has 0 aliphatic carbocycles. The molecule has 1 heterocycles. The summed E-state index contributed by atoms with van der Waals surface area (Å²) in [6.45, 7) is 0. The van der Waals surface area contributed by atoms with Crippen molar-refractivity contribution in [3.8, 4) is 22.8 Å². The molecule has 0 amide bonds. The summed E-state index contributed by atoms with van der Waals surface area (Å²) < 4.78 is 10.7. The van der Waals surface area contributed by atoms with Crippen molar-refractivity contribution >= 4 is 37.4 Å². The molecule has 0 atom stereocenters. The van der Waals surface area contributed by atoms with Gasteiger partial charge in [-0.05, 0) is 30.3 Å². The summed E-state index contributed by atoms with van der Waals surface area (Å²) in [6, 6.07) is 10.7. The number of hydrogen-bond acceptors (Lipinski definition) is 5. The van der Waals surface area contributed by atoms with E-state index in [2.05, 4.69) is 0 Å². The maximum atomic E-state index is 12.5. The minimum Gasteiger partial charge on any atom is -0.508 e. The van der Waals surface area contributed by atoms with Gasteiger partial charge in [0.1, 0.15) is 22.8 Å². The fraction of sp³-hybridized carbons (Fsp3) is 0.0588. The van der Waals surface area contributed by atoms with Crippen LogP contribution < -0.4 is 10.2 Å². The molecular formula is C17H11IO5. The summed E-state index contributed by atoms with van der Waals surface area (Å²) in [5.41, 5.74) is 0.870. The van der Waals surface area contributed by atoms with Gasteiger partial charge in [0, 0.05) is 45.9 Å². The standard InChI is InChI=1S/C17H11IO5/c1-22-11-6-12(17(18)21)16-13(20)8-14(23-15(16)7-11)9-2-4-10(19)5-3-9/h2-8,19H,1H3. The molecule has 0 bridgehead atoms. The van der Waals surface area contributed by atoms with Crippen molar-refractivity contribution in [2.24, 2.45) is 0 Å². The first kappa shape index (κ1) is 15.5. The molecule has 116 valence electrons. The number of halogens is 1. The number of aromatic hydroxyl groups is 1. The minimum atomic E-state index is -0.308. The second kappa shape index (κ2) is 6.04. The lowest BCUT2D eigenvalue weighted by atomic mass is 10.1. The maximum absolute atomic E-state index is 12.5. The summed E-state index contributed by atoms with van der Waals surface area (Å²) in [5, 5.41) is 9.58. The Morgan fingerprint density at radius 2 is 1.87 bits per heavy atom. The van der Waals surface area contributed by atoms with Crippen LogP contribution >= 0.6 is 22.6 Å². The molecule has 3 aromatic rings. The van der Waals surface area contributed by atoms with Crippen LogP contribution in [0.2, 0.25) is 0 Å². The Morgan fingerprint density at radius 1 is 1.17 bits per heavy atom. The number of carbonyl (C=O) groups excluding carboxylic acids is 1. The fourth-order valence-corrected chi connectivity index (χ4v) is 2.73. The normalized spacial score (nSPS) is 10.7. The van der Waals surface area contributed by atoms with Crippen LogP contribution in [0.5, 0.6) is 11.5 Å². The molecule has 0 radical (unpaired) electrons. The van der Waals surface area contributed by atoms with E-state index in [-0.39, 0.29) is 31.5 Å². The fourth-order valence-electron chi connectivity index (χ4n) is 2.30. The molecule has 23 heavy (non-hydrogen) atoms. The van der Waals surface area contributed by atoms with Gasteiger partial charge in [-0.25, -0.2) is 0 Å².